The average molecular weight is 651 g/mol. The van der Waals surface area contributed by atoms with Crippen molar-refractivity contribution in [2.24, 2.45) is 0 Å². The van der Waals surface area contributed by atoms with E-state index in [9.17, 15) is 4.79 Å². The molecule has 0 saturated carbocycles. The highest BCUT2D eigenvalue weighted by atomic mass is 16.5. The van der Waals surface area contributed by atoms with Gasteiger partial charge in [0.15, 0.2) is 0 Å². The highest BCUT2D eigenvalue weighted by Gasteiger charge is 2.30. The van der Waals surface area contributed by atoms with Gasteiger partial charge in [0, 0.05) is 29.9 Å². The predicted molar refractivity (Wildman–Crippen MR) is 200 cm³/mol. The summed E-state index contributed by atoms with van der Waals surface area (Å²) in [6.07, 6.45) is 12.0. The Labute approximate surface area is 287 Å². The first-order chi connectivity index (χ1) is 23.1. The monoisotopic (exact) mass is 650 g/mol. The van der Waals surface area contributed by atoms with Crippen LogP contribution in [0.4, 0.5) is 23.1 Å². The van der Waals surface area contributed by atoms with Crippen LogP contribution in [0.5, 0.6) is 5.75 Å². The number of anilines is 4. The molecule has 2 heterocycles. The summed E-state index contributed by atoms with van der Waals surface area (Å²) in [7, 11) is 8.04. The van der Waals surface area contributed by atoms with Crippen molar-refractivity contribution in [1.82, 2.24) is 14.9 Å². The lowest BCUT2D eigenvalue weighted by Crippen LogP contribution is -2.37. The van der Waals surface area contributed by atoms with E-state index in [1.54, 1.807) is 7.11 Å². The third kappa shape index (κ3) is 7.75. The number of carbonyl (C=O) groups excluding carboxylic acids is 1. The van der Waals surface area contributed by atoms with Crippen LogP contribution in [0.25, 0.3) is 5.57 Å². The predicted octanol–water partition coefficient (Wildman–Crippen LogP) is 8.68. The first-order valence-electron chi connectivity index (χ1n) is 17.7. The molecule has 8 nitrogen and oxygen atoms in total. The van der Waals surface area contributed by atoms with Crippen LogP contribution in [-0.2, 0) is 11.2 Å². The molecule has 0 spiro atoms. The molecule has 0 saturated heterocycles. The number of aromatic nitrogens is 2. The maximum atomic E-state index is 12.6. The molecule has 256 valence electrons. The van der Waals surface area contributed by atoms with E-state index < -0.39 is 0 Å². The maximum absolute atomic E-state index is 12.6. The van der Waals surface area contributed by atoms with Crippen molar-refractivity contribution >= 4 is 34.6 Å². The van der Waals surface area contributed by atoms with Gasteiger partial charge in [-0.05, 0) is 112 Å². The highest BCUT2D eigenvalue weighted by molar-refractivity contribution is 6.00. The Bertz CT molecular complexity index is 1650. The second kappa shape index (κ2) is 15.8. The average Bonchev–Trinajstić information content (AvgIpc) is 3.25. The van der Waals surface area contributed by atoms with E-state index in [1.807, 2.05) is 12.1 Å². The van der Waals surface area contributed by atoms with Crippen molar-refractivity contribution in [2.75, 3.05) is 50.3 Å². The number of ether oxygens (including phenoxy) is 1. The molecule has 8 heteroatoms. The number of hydrogen-bond donors (Lipinski definition) is 2. The summed E-state index contributed by atoms with van der Waals surface area (Å²) in [5.41, 5.74) is 8.47. The molecule has 2 N–H and O–H groups in total. The van der Waals surface area contributed by atoms with Crippen molar-refractivity contribution in [3.8, 4) is 5.75 Å². The molecule has 0 bridgehead atoms. The number of allylic oxidation sites excluding steroid dienone is 1. The number of amides is 1. The molecule has 0 fully saturated rings. The van der Waals surface area contributed by atoms with Crippen molar-refractivity contribution in [3.63, 3.8) is 0 Å². The fourth-order valence-corrected chi connectivity index (χ4v) is 7.28. The molecular formula is C40H54N6O2. The Morgan fingerprint density at radius 2 is 1.96 bits per heavy atom. The zero-order valence-corrected chi connectivity index (χ0v) is 30.0. The minimum Gasteiger partial charge on any atom is -0.495 e. The van der Waals surface area contributed by atoms with E-state index in [4.69, 9.17) is 14.7 Å². The second-order valence-electron chi connectivity index (χ2n) is 13.8. The lowest BCUT2D eigenvalue weighted by atomic mass is 9.88. The van der Waals surface area contributed by atoms with E-state index in [-0.39, 0.29) is 11.8 Å². The van der Waals surface area contributed by atoms with Gasteiger partial charge in [-0.25, -0.2) is 4.98 Å². The molecular weight excluding hydrogens is 596 g/mol. The van der Waals surface area contributed by atoms with Crippen molar-refractivity contribution in [3.05, 3.63) is 83.1 Å². The topological polar surface area (TPSA) is 82.6 Å². The van der Waals surface area contributed by atoms with Gasteiger partial charge in [0.05, 0.1) is 18.5 Å². The van der Waals surface area contributed by atoms with Crippen LogP contribution < -0.4 is 20.3 Å². The van der Waals surface area contributed by atoms with Gasteiger partial charge in [-0.1, -0.05) is 64.1 Å². The zero-order chi connectivity index (χ0) is 34.4. The standard InChI is InChI=1S/C40H54N6O2/c1-9-28-21-22-32-38(31-20-15-17-26(3)29-18-11-12-19-30(29)31)43-40(44-39(32)46(28)7)42-35-25-34(41-37(47)10-2)33(24-36(35)48-8)27(4)16-13-14-23-45(5)6/h10-12,18-20,24-28H,2,9,13-17,21-23H2,1,3-8H3,(H,41,47)(H,42,43,44). The first-order valence-corrected chi connectivity index (χ1v) is 17.7. The number of carbonyl (C=O) groups is 1. The van der Waals surface area contributed by atoms with Crippen molar-refractivity contribution < 1.29 is 9.53 Å². The fourth-order valence-electron chi connectivity index (χ4n) is 7.28. The van der Waals surface area contributed by atoms with E-state index in [1.165, 1.54) is 28.3 Å². The number of nitrogens with zero attached hydrogens (tertiary/aromatic N) is 4. The van der Waals surface area contributed by atoms with Crippen LogP contribution in [-0.4, -0.2) is 61.6 Å². The number of hydrogen-bond acceptors (Lipinski definition) is 7. The zero-order valence-electron chi connectivity index (χ0n) is 30.0. The van der Waals surface area contributed by atoms with E-state index in [0.717, 1.165) is 80.7 Å². The summed E-state index contributed by atoms with van der Waals surface area (Å²) >= 11 is 0. The molecule has 1 aromatic heterocycles. The largest absolute Gasteiger partial charge is 0.495 e. The van der Waals surface area contributed by atoms with E-state index in [2.05, 4.69) is 99.3 Å². The van der Waals surface area contributed by atoms with Crippen molar-refractivity contribution in [1.29, 1.82) is 0 Å². The van der Waals surface area contributed by atoms with Gasteiger partial charge in [-0.15, -0.1) is 0 Å². The van der Waals surface area contributed by atoms with Crippen LogP contribution in [0.15, 0.2) is 55.1 Å². The fraction of sp³-hybridized carbons (Fsp3) is 0.475. The third-order valence-electron chi connectivity index (χ3n) is 10.1. The smallest absolute Gasteiger partial charge is 0.247 e. The summed E-state index contributed by atoms with van der Waals surface area (Å²) < 4.78 is 5.96. The molecule has 2 aliphatic rings. The van der Waals surface area contributed by atoms with Gasteiger partial charge < -0.3 is 25.2 Å². The molecule has 1 aliphatic carbocycles. The number of benzene rings is 2. The second-order valence-corrected chi connectivity index (χ2v) is 13.8. The Morgan fingerprint density at radius 1 is 1.17 bits per heavy atom. The van der Waals surface area contributed by atoms with Gasteiger partial charge in [0.2, 0.25) is 11.9 Å². The number of rotatable bonds is 13. The third-order valence-corrected chi connectivity index (χ3v) is 10.1. The minimum absolute atomic E-state index is 0.214. The summed E-state index contributed by atoms with van der Waals surface area (Å²) in [4.78, 5) is 27.6. The summed E-state index contributed by atoms with van der Waals surface area (Å²) in [6, 6.07) is 13.2. The van der Waals surface area contributed by atoms with Gasteiger partial charge in [-0.2, -0.15) is 4.98 Å². The molecule has 2 aromatic carbocycles. The van der Waals surface area contributed by atoms with Gasteiger partial charge in [-0.3, -0.25) is 4.79 Å². The molecule has 48 heavy (non-hydrogen) atoms. The number of fused-ring (bicyclic) bond motifs is 2. The highest BCUT2D eigenvalue weighted by Crippen LogP contribution is 2.42. The SMILES string of the molecule is C=CC(=O)Nc1cc(Nc2nc(C3=CCCC(C)c4ccccc43)c3c(n2)N(C)C(CC)CC3)c(OC)cc1C(C)CCCCN(C)C. The number of methoxy groups -OCH3 is 1. The Kier molecular flexibility index (Phi) is 11.6. The molecule has 3 unspecified atom stereocenters. The lowest BCUT2D eigenvalue weighted by molar-refractivity contribution is -0.111. The quantitative estimate of drug-likeness (QED) is 0.141. The van der Waals surface area contributed by atoms with Gasteiger partial charge >= 0.3 is 0 Å². The first kappa shape index (κ1) is 35.1. The lowest BCUT2D eigenvalue weighted by Gasteiger charge is -2.35. The summed E-state index contributed by atoms with van der Waals surface area (Å²) in [6.45, 7) is 11.5. The van der Waals surface area contributed by atoms with Gasteiger partial charge in [0.1, 0.15) is 11.6 Å². The van der Waals surface area contributed by atoms with E-state index >= 15 is 0 Å². The summed E-state index contributed by atoms with van der Waals surface area (Å²) in [5, 5.41) is 6.60. The maximum Gasteiger partial charge on any atom is 0.247 e. The van der Waals surface area contributed by atoms with E-state index in [0.29, 0.717) is 29.3 Å². The Balaban J connectivity index is 1.59. The van der Waals surface area contributed by atoms with Crippen LogP contribution in [0, 0.1) is 0 Å². The van der Waals surface area contributed by atoms with Crippen LogP contribution in [0.1, 0.15) is 106 Å². The Morgan fingerprint density at radius 3 is 2.69 bits per heavy atom. The van der Waals surface area contributed by atoms with Crippen LogP contribution in [0.2, 0.25) is 0 Å². The summed E-state index contributed by atoms with van der Waals surface area (Å²) in [5.74, 6) is 2.59. The molecule has 3 aromatic rings. The molecule has 3 atom stereocenters. The Hall–Kier alpha value is -4.17. The number of unbranched alkanes of at least 4 members (excludes halogenated alkanes) is 1. The normalized spacial score (nSPS) is 17.9. The molecule has 1 amide bonds. The number of nitrogens with one attached hydrogen (secondary N) is 2. The minimum atomic E-state index is -0.250. The van der Waals surface area contributed by atoms with Crippen LogP contribution in [0.3, 0.4) is 0 Å². The van der Waals surface area contributed by atoms with Crippen molar-refractivity contribution in [2.45, 2.75) is 90.0 Å². The molecule has 5 rings (SSSR count). The van der Waals surface area contributed by atoms with Gasteiger partial charge in [0.25, 0.3) is 0 Å². The molecule has 0 radical (unpaired) electrons. The van der Waals surface area contributed by atoms with Crippen LogP contribution >= 0.6 is 0 Å². The molecule has 1 aliphatic heterocycles.